The predicted molar refractivity (Wildman–Crippen MR) is 105 cm³/mol. The number of nitrogens with zero attached hydrogens (tertiary/aromatic N) is 3. The SMILES string of the molecule is O=C(Nc1ccccc1F)C1CCN(c2nc(-c3ccc(Cl)cc3)no2)CC1. The van der Waals surface area contributed by atoms with Crippen LogP contribution in [0.2, 0.25) is 5.02 Å². The number of carbonyl (C=O) groups is 1. The molecule has 0 saturated carbocycles. The van der Waals surface area contributed by atoms with Gasteiger partial charge in [0.2, 0.25) is 11.7 Å². The topological polar surface area (TPSA) is 71.3 Å². The van der Waals surface area contributed by atoms with Crippen LogP contribution in [0.3, 0.4) is 0 Å². The highest BCUT2D eigenvalue weighted by atomic mass is 35.5. The maximum absolute atomic E-state index is 13.7. The first-order chi connectivity index (χ1) is 13.6. The molecule has 0 aliphatic carbocycles. The Hall–Kier alpha value is -2.93. The molecule has 0 radical (unpaired) electrons. The molecule has 0 bridgehead atoms. The van der Waals surface area contributed by atoms with Crippen LogP contribution in [0.4, 0.5) is 16.1 Å². The van der Waals surface area contributed by atoms with Crippen LogP contribution in [0, 0.1) is 11.7 Å². The van der Waals surface area contributed by atoms with Gasteiger partial charge in [0, 0.05) is 29.6 Å². The van der Waals surface area contributed by atoms with Gasteiger partial charge in [0.1, 0.15) is 5.82 Å². The second-order valence-corrected chi connectivity index (χ2v) is 7.07. The quantitative estimate of drug-likeness (QED) is 0.703. The number of rotatable bonds is 4. The number of aromatic nitrogens is 2. The number of halogens is 2. The summed E-state index contributed by atoms with van der Waals surface area (Å²) >= 11 is 5.90. The number of nitrogens with one attached hydrogen (secondary N) is 1. The van der Waals surface area contributed by atoms with E-state index in [1.807, 2.05) is 17.0 Å². The number of hydrogen-bond donors (Lipinski definition) is 1. The van der Waals surface area contributed by atoms with Gasteiger partial charge in [0.15, 0.2) is 0 Å². The van der Waals surface area contributed by atoms with Gasteiger partial charge in [-0.25, -0.2) is 4.39 Å². The maximum atomic E-state index is 13.7. The van der Waals surface area contributed by atoms with Gasteiger partial charge >= 0.3 is 6.01 Å². The lowest BCUT2D eigenvalue weighted by atomic mass is 9.96. The van der Waals surface area contributed by atoms with Crippen molar-refractivity contribution < 1.29 is 13.7 Å². The number of para-hydroxylation sites is 1. The van der Waals surface area contributed by atoms with Gasteiger partial charge < -0.3 is 14.7 Å². The molecule has 1 aromatic heterocycles. The van der Waals surface area contributed by atoms with Gasteiger partial charge in [0.05, 0.1) is 5.69 Å². The fourth-order valence-corrected chi connectivity index (χ4v) is 3.32. The van der Waals surface area contributed by atoms with Gasteiger partial charge in [-0.05, 0) is 49.2 Å². The fourth-order valence-electron chi connectivity index (χ4n) is 3.19. The number of anilines is 2. The second kappa shape index (κ2) is 7.98. The van der Waals surface area contributed by atoms with Crippen LogP contribution in [0.15, 0.2) is 53.1 Å². The highest BCUT2D eigenvalue weighted by Gasteiger charge is 2.28. The molecular formula is C20H18ClFN4O2. The summed E-state index contributed by atoms with van der Waals surface area (Å²) in [5.74, 6) is -0.299. The van der Waals surface area contributed by atoms with Crippen molar-refractivity contribution in [2.45, 2.75) is 12.8 Å². The molecule has 2 aromatic carbocycles. The number of carbonyl (C=O) groups excluding carboxylic acids is 1. The van der Waals surface area contributed by atoms with Crippen molar-refractivity contribution in [1.82, 2.24) is 10.1 Å². The lowest BCUT2D eigenvalue weighted by Crippen LogP contribution is -2.38. The number of piperidine rings is 1. The molecule has 1 aliphatic heterocycles. The molecule has 4 rings (SSSR count). The van der Waals surface area contributed by atoms with Crippen LogP contribution >= 0.6 is 11.6 Å². The monoisotopic (exact) mass is 400 g/mol. The van der Waals surface area contributed by atoms with Crippen molar-refractivity contribution in [1.29, 1.82) is 0 Å². The molecule has 3 aromatic rings. The average Bonchev–Trinajstić information content (AvgIpc) is 3.20. The molecule has 28 heavy (non-hydrogen) atoms. The Bertz CT molecular complexity index is 968. The number of amides is 1. The molecule has 1 amide bonds. The van der Waals surface area contributed by atoms with Crippen molar-refractivity contribution >= 4 is 29.2 Å². The standard InChI is InChI=1S/C20H18ClFN4O2/c21-15-7-5-13(6-8-15)18-24-20(28-25-18)26-11-9-14(10-12-26)19(27)23-17-4-2-1-3-16(17)22/h1-8,14H,9-12H2,(H,23,27). The van der Waals surface area contributed by atoms with Gasteiger partial charge in [-0.1, -0.05) is 28.9 Å². The van der Waals surface area contributed by atoms with Crippen LogP contribution in [0.5, 0.6) is 0 Å². The van der Waals surface area contributed by atoms with Crippen molar-refractivity contribution in [2.75, 3.05) is 23.3 Å². The Morgan fingerprint density at radius 2 is 1.86 bits per heavy atom. The molecule has 6 nitrogen and oxygen atoms in total. The minimum Gasteiger partial charge on any atom is -0.324 e. The number of hydrogen-bond acceptors (Lipinski definition) is 5. The van der Waals surface area contributed by atoms with E-state index in [1.165, 1.54) is 6.07 Å². The van der Waals surface area contributed by atoms with Crippen LogP contribution in [-0.4, -0.2) is 29.1 Å². The Labute approximate surface area is 166 Å². The molecule has 1 fully saturated rings. The van der Waals surface area contributed by atoms with Gasteiger partial charge in [-0.3, -0.25) is 4.79 Å². The summed E-state index contributed by atoms with van der Waals surface area (Å²) in [7, 11) is 0. The van der Waals surface area contributed by atoms with E-state index in [0.717, 1.165) is 5.56 Å². The van der Waals surface area contributed by atoms with E-state index in [2.05, 4.69) is 15.5 Å². The molecular weight excluding hydrogens is 383 g/mol. The zero-order valence-corrected chi connectivity index (χ0v) is 15.7. The summed E-state index contributed by atoms with van der Waals surface area (Å²) in [6.07, 6.45) is 1.25. The summed E-state index contributed by atoms with van der Waals surface area (Å²) in [6, 6.07) is 13.8. The third kappa shape index (κ3) is 3.99. The van der Waals surface area contributed by atoms with Crippen LogP contribution in [0.25, 0.3) is 11.4 Å². The molecule has 1 N–H and O–H groups in total. The first-order valence-electron chi connectivity index (χ1n) is 9.00. The normalized spacial score (nSPS) is 14.9. The summed E-state index contributed by atoms with van der Waals surface area (Å²) < 4.78 is 19.1. The molecule has 1 aliphatic rings. The van der Waals surface area contributed by atoms with Crippen molar-refractivity contribution in [3.8, 4) is 11.4 Å². The van der Waals surface area contributed by atoms with E-state index in [1.54, 1.807) is 30.3 Å². The highest BCUT2D eigenvalue weighted by Crippen LogP contribution is 2.26. The van der Waals surface area contributed by atoms with Crippen LogP contribution in [-0.2, 0) is 4.79 Å². The van der Waals surface area contributed by atoms with Crippen LogP contribution < -0.4 is 10.2 Å². The minimum absolute atomic E-state index is 0.169. The summed E-state index contributed by atoms with van der Waals surface area (Å²) in [5, 5.41) is 7.33. The molecule has 8 heteroatoms. The van der Waals surface area contributed by atoms with Gasteiger partial charge in [-0.2, -0.15) is 4.98 Å². The predicted octanol–water partition coefficient (Wildman–Crippen LogP) is 4.38. The van der Waals surface area contributed by atoms with Gasteiger partial charge in [-0.15, -0.1) is 0 Å². The molecule has 0 atom stereocenters. The first kappa shape index (κ1) is 18.4. The Morgan fingerprint density at radius 3 is 2.57 bits per heavy atom. The molecule has 2 heterocycles. The molecule has 1 saturated heterocycles. The summed E-state index contributed by atoms with van der Waals surface area (Å²) in [6.45, 7) is 1.22. The van der Waals surface area contributed by atoms with E-state index >= 15 is 0 Å². The Balaban J connectivity index is 1.36. The summed E-state index contributed by atoms with van der Waals surface area (Å²) in [5.41, 5.74) is 1.03. The van der Waals surface area contributed by atoms with Crippen molar-refractivity contribution in [2.24, 2.45) is 5.92 Å². The van der Waals surface area contributed by atoms with Crippen molar-refractivity contribution in [3.63, 3.8) is 0 Å². The zero-order chi connectivity index (χ0) is 19.5. The smallest absolute Gasteiger partial charge is 0.324 e. The molecule has 144 valence electrons. The lowest BCUT2D eigenvalue weighted by Gasteiger charge is -2.29. The molecule has 0 unspecified atom stereocenters. The van der Waals surface area contributed by atoms with E-state index < -0.39 is 5.82 Å². The van der Waals surface area contributed by atoms with Crippen molar-refractivity contribution in [3.05, 3.63) is 59.4 Å². The molecule has 0 spiro atoms. The third-order valence-corrected chi connectivity index (χ3v) is 5.04. The average molecular weight is 401 g/mol. The second-order valence-electron chi connectivity index (χ2n) is 6.64. The largest absolute Gasteiger partial charge is 0.324 e. The zero-order valence-electron chi connectivity index (χ0n) is 14.9. The fraction of sp³-hybridized carbons (Fsp3) is 0.250. The highest BCUT2D eigenvalue weighted by molar-refractivity contribution is 6.30. The van der Waals surface area contributed by atoms with E-state index in [9.17, 15) is 9.18 Å². The minimum atomic E-state index is -0.436. The Morgan fingerprint density at radius 1 is 1.14 bits per heavy atom. The lowest BCUT2D eigenvalue weighted by molar-refractivity contribution is -0.120. The van der Waals surface area contributed by atoms with E-state index in [4.69, 9.17) is 16.1 Å². The van der Waals surface area contributed by atoms with E-state index in [-0.39, 0.29) is 17.5 Å². The van der Waals surface area contributed by atoms with Crippen LogP contribution in [0.1, 0.15) is 12.8 Å². The summed E-state index contributed by atoms with van der Waals surface area (Å²) in [4.78, 5) is 18.8. The number of benzene rings is 2. The maximum Gasteiger partial charge on any atom is 0.324 e. The first-order valence-corrected chi connectivity index (χ1v) is 9.38. The Kier molecular flexibility index (Phi) is 5.25. The third-order valence-electron chi connectivity index (χ3n) is 4.79. The van der Waals surface area contributed by atoms with Gasteiger partial charge in [0.25, 0.3) is 0 Å². The van der Waals surface area contributed by atoms with E-state index in [0.29, 0.717) is 42.8 Å².